The van der Waals surface area contributed by atoms with Crippen LogP contribution in [-0.4, -0.2) is 36.9 Å². The molecule has 0 bridgehead atoms. The minimum Gasteiger partial charge on any atom is -0.488 e. The summed E-state index contributed by atoms with van der Waals surface area (Å²) in [6.07, 6.45) is 1.21. The van der Waals surface area contributed by atoms with Crippen LogP contribution in [0.25, 0.3) is 0 Å². The fourth-order valence-corrected chi connectivity index (χ4v) is 2.03. The molecule has 0 saturated carbocycles. The molecule has 1 aromatic rings. The van der Waals surface area contributed by atoms with Crippen LogP contribution in [0.2, 0.25) is 0 Å². The van der Waals surface area contributed by atoms with Crippen LogP contribution in [0.5, 0.6) is 5.75 Å². The molecule has 0 N–H and O–H groups in total. The van der Waals surface area contributed by atoms with Gasteiger partial charge in [0.05, 0.1) is 5.56 Å². The third-order valence-corrected chi connectivity index (χ3v) is 2.94. The van der Waals surface area contributed by atoms with E-state index >= 15 is 0 Å². The normalized spacial score (nSPS) is 16.4. The van der Waals surface area contributed by atoms with E-state index in [4.69, 9.17) is 4.74 Å². The summed E-state index contributed by atoms with van der Waals surface area (Å²) in [6.45, 7) is 4.64. The second-order valence-corrected chi connectivity index (χ2v) is 4.42. The lowest BCUT2D eigenvalue weighted by Crippen LogP contribution is -2.53. The summed E-state index contributed by atoms with van der Waals surface area (Å²) in [7, 11) is 0. The van der Waals surface area contributed by atoms with Gasteiger partial charge in [-0.05, 0) is 13.0 Å². The van der Waals surface area contributed by atoms with Crippen LogP contribution in [0.4, 0.5) is 8.78 Å². The van der Waals surface area contributed by atoms with Crippen LogP contribution >= 0.6 is 0 Å². The van der Waals surface area contributed by atoms with Crippen molar-refractivity contribution in [3.8, 4) is 5.75 Å². The molecule has 1 fully saturated rings. The first-order chi connectivity index (χ1) is 8.63. The molecule has 1 saturated heterocycles. The molecule has 0 atom stereocenters. The van der Waals surface area contributed by atoms with Crippen LogP contribution in [0.3, 0.4) is 0 Å². The van der Waals surface area contributed by atoms with Gasteiger partial charge in [0.1, 0.15) is 23.5 Å². The highest BCUT2D eigenvalue weighted by Gasteiger charge is 2.27. The molecule has 0 radical (unpaired) electrons. The number of hydrogen-bond acceptors (Lipinski definition) is 3. The number of halogens is 2. The first kappa shape index (κ1) is 13.0. The zero-order valence-electron chi connectivity index (χ0n) is 10.2. The number of hydrogen-bond donors (Lipinski definition) is 0. The van der Waals surface area contributed by atoms with Gasteiger partial charge in [-0.25, -0.2) is 8.78 Å². The second kappa shape index (κ2) is 5.44. The Balaban J connectivity index is 1.97. The van der Waals surface area contributed by atoms with Crippen molar-refractivity contribution in [1.82, 2.24) is 4.90 Å². The molecule has 1 aliphatic rings. The van der Waals surface area contributed by atoms with Crippen LogP contribution in [0.15, 0.2) is 12.1 Å². The fourth-order valence-electron chi connectivity index (χ4n) is 2.03. The highest BCUT2D eigenvalue weighted by molar-refractivity contribution is 5.75. The van der Waals surface area contributed by atoms with E-state index in [2.05, 4.69) is 11.8 Å². The van der Waals surface area contributed by atoms with E-state index in [-0.39, 0.29) is 18.1 Å². The number of aldehydes is 1. The third kappa shape index (κ3) is 2.67. The van der Waals surface area contributed by atoms with E-state index < -0.39 is 17.2 Å². The van der Waals surface area contributed by atoms with Crippen molar-refractivity contribution in [1.29, 1.82) is 0 Å². The monoisotopic (exact) mass is 255 g/mol. The van der Waals surface area contributed by atoms with Gasteiger partial charge in [-0.3, -0.25) is 9.69 Å². The molecule has 0 aromatic heterocycles. The standard InChI is InChI=1S/C13H15F2NO2/c1-2-3-16-6-10(7-16)18-9-4-12(14)11(8-17)13(15)5-9/h4-5,8,10H,2-3,6-7H2,1H3. The predicted octanol–water partition coefficient (Wildman–Crippen LogP) is 2.25. The van der Waals surface area contributed by atoms with E-state index in [9.17, 15) is 13.6 Å². The third-order valence-electron chi connectivity index (χ3n) is 2.94. The maximum Gasteiger partial charge on any atom is 0.155 e. The molecule has 0 unspecified atom stereocenters. The molecular formula is C13H15F2NO2. The van der Waals surface area contributed by atoms with Crippen molar-refractivity contribution in [3.63, 3.8) is 0 Å². The van der Waals surface area contributed by atoms with E-state index in [1.165, 1.54) is 0 Å². The highest BCUT2D eigenvalue weighted by atomic mass is 19.1. The lowest BCUT2D eigenvalue weighted by molar-refractivity contribution is 0.0199. The molecule has 5 heteroatoms. The van der Waals surface area contributed by atoms with E-state index in [0.29, 0.717) is 0 Å². The lowest BCUT2D eigenvalue weighted by atomic mass is 10.1. The van der Waals surface area contributed by atoms with E-state index in [0.717, 1.165) is 38.2 Å². The number of rotatable bonds is 5. The molecule has 1 aromatic carbocycles. The Morgan fingerprint density at radius 3 is 2.50 bits per heavy atom. The Morgan fingerprint density at radius 1 is 1.39 bits per heavy atom. The molecule has 1 aliphatic heterocycles. The zero-order chi connectivity index (χ0) is 13.1. The summed E-state index contributed by atoms with van der Waals surface area (Å²) in [5.41, 5.74) is -0.552. The number of likely N-dealkylation sites (tertiary alicyclic amines) is 1. The van der Waals surface area contributed by atoms with Crippen LogP contribution < -0.4 is 4.74 Å². The Bertz CT molecular complexity index is 422. The van der Waals surface area contributed by atoms with Crippen molar-refractivity contribution in [2.45, 2.75) is 19.4 Å². The Morgan fingerprint density at radius 2 is 2.00 bits per heavy atom. The number of carbonyl (C=O) groups is 1. The maximum absolute atomic E-state index is 13.3. The smallest absolute Gasteiger partial charge is 0.155 e. The van der Waals surface area contributed by atoms with Crippen LogP contribution in [-0.2, 0) is 0 Å². The van der Waals surface area contributed by atoms with Crippen molar-refractivity contribution < 1.29 is 18.3 Å². The largest absolute Gasteiger partial charge is 0.488 e. The Hall–Kier alpha value is -1.49. The Kier molecular flexibility index (Phi) is 3.91. The Labute approximate surface area is 104 Å². The van der Waals surface area contributed by atoms with Crippen molar-refractivity contribution in [2.75, 3.05) is 19.6 Å². The molecule has 3 nitrogen and oxygen atoms in total. The minimum atomic E-state index is -0.885. The van der Waals surface area contributed by atoms with Gasteiger partial charge in [-0.2, -0.15) is 0 Å². The quantitative estimate of drug-likeness (QED) is 0.756. The second-order valence-electron chi connectivity index (χ2n) is 4.42. The van der Waals surface area contributed by atoms with Crippen LogP contribution in [0, 0.1) is 11.6 Å². The fraction of sp³-hybridized carbons (Fsp3) is 0.462. The van der Waals surface area contributed by atoms with E-state index in [1.54, 1.807) is 0 Å². The average molecular weight is 255 g/mol. The summed E-state index contributed by atoms with van der Waals surface area (Å²) >= 11 is 0. The van der Waals surface area contributed by atoms with Gasteiger partial charge in [-0.15, -0.1) is 0 Å². The first-order valence-electron chi connectivity index (χ1n) is 5.97. The highest BCUT2D eigenvalue weighted by Crippen LogP contribution is 2.23. The molecule has 98 valence electrons. The van der Waals surface area contributed by atoms with Crippen molar-refractivity contribution in [2.24, 2.45) is 0 Å². The minimum absolute atomic E-state index is 0.0302. The van der Waals surface area contributed by atoms with Crippen molar-refractivity contribution >= 4 is 6.29 Å². The molecular weight excluding hydrogens is 240 g/mol. The van der Waals surface area contributed by atoms with Gasteiger partial charge in [0, 0.05) is 25.2 Å². The van der Waals surface area contributed by atoms with Gasteiger partial charge < -0.3 is 4.74 Å². The van der Waals surface area contributed by atoms with Gasteiger partial charge in [0.25, 0.3) is 0 Å². The zero-order valence-corrected chi connectivity index (χ0v) is 10.2. The van der Waals surface area contributed by atoms with Crippen molar-refractivity contribution in [3.05, 3.63) is 29.3 Å². The summed E-state index contributed by atoms with van der Waals surface area (Å²) in [5.74, 6) is -1.63. The van der Waals surface area contributed by atoms with Crippen LogP contribution in [0.1, 0.15) is 23.7 Å². The summed E-state index contributed by atoms with van der Waals surface area (Å²) in [5, 5.41) is 0. The molecule has 0 amide bonds. The topological polar surface area (TPSA) is 29.5 Å². The van der Waals surface area contributed by atoms with Gasteiger partial charge in [0.15, 0.2) is 6.29 Å². The van der Waals surface area contributed by atoms with Gasteiger partial charge >= 0.3 is 0 Å². The number of benzene rings is 1. The molecule has 0 aliphatic carbocycles. The summed E-state index contributed by atoms with van der Waals surface area (Å²) in [6, 6.07) is 2.10. The molecule has 1 heterocycles. The average Bonchev–Trinajstić information content (AvgIpc) is 2.26. The first-order valence-corrected chi connectivity index (χ1v) is 5.97. The number of nitrogens with zero attached hydrogens (tertiary/aromatic N) is 1. The lowest BCUT2D eigenvalue weighted by Gasteiger charge is -2.38. The van der Waals surface area contributed by atoms with E-state index in [1.807, 2.05) is 0 Å². The predicted molar refractivity (Wildman–Crippen MR) is 62.9 cm³/mol. The number of carbonyl (C=O) groups excluding carboxylic acids is 1. The maximum atomic E-state index is 13.3. The molecule has 0 spiro atoms. The van der Waals surface area contributed by atoms with Gasteiger partial charge in [0.2, 0.25) is 0 Å². The SMILES string of the molecule is CCCN1CC(Oc2cc(F)c(C=O)c(F)c2)C1. The summed E-state index contributed by atoms with van der Waals surface area (Å²) < 4.78 is 32.1. The molecule has 2 rings (SSSR count). The number of ether oxygens (including phenoxy) is 1. The summed E-state index contributed by atoms with van der Waals surface area (Å²) in [4.78, 5) is 12.6. The van der Waals surface area contributed by atoms with Gasteiger partial charge in [-0.1, -0.05) is 6.92 Å². The molecule has 18 heavy (non-hydrogen) atoms.